The Balaban J connectivity index is 2.05. The summed E-state index contributed by atoms with van der Waals surface area (Å²) < 4.78 is 29.5. The lowest BCUT2D eigenvalue weighted by atomic mass is 10.1. The maximum Gasteiger partial charge on any atom is 0.251 e. The van der Waals surface area contributed by atoms with Crippen LogP contribution in [-0.2, 0) is 11.3 Å². The van der Waals surface area contributed by atoms with Crippen LogP contribution in [0.5, 0.6) is 17.2 Å². The summed E-state index contributed by atoms with van der Waals surface area (Å²) in [5.41, 5.74) is 0.438. The number of methoxy groups -OCH3 is 3. The number of likely N-dealkylation sites (N-methyl/N-ethyl adjacent to an activating group) is 1. The van der Waals surface area contributed by atoms with Gasteiger partial charge in [0.15, 0.2) is 11.5 Å². The summed E-state index contributed by atoms with van der Waals surface area (Å²) in [4.78, 5) is 26.1. The minimum atomic E-state index is -0.505. The lowest BCUT2D eigenvalue weighted by molar-refractivity contribution is -0.129. The van der Waals surface area contributed by atoms with Crippen molar-refractivity contribution >= 4 is 23.4 Å². The fraction of sp³-hybridized carbons (Fsp3) is 0.300. The maximum atomic E-state index is 13.9. The molecular weight excluding hydrogens is 403 g/mol. The fourth-order valence-corrected chi connectivity index (χ4v) is 2.84. The second-order valence-corrected chi connectivity index (χ2v) is 6.45. The van der Waals surface area contributed by atoms with E-state index in [-0.39, 0.29) is 29.2 Å². The molecule has 9 heteroatoms. The molecule has 0 saturated heterocycles. The standard InChI is InChI=1S/C20H22ClFN2O5/c1-24(11-13-14(21)6-5-7-15(13)22)18(25)10-23-20(26)12-8-16(27-2)19(29-4)17(9-12)28-3/h5-9H,10-11H2,1-4H3,(H,23,26). The molecule has 0 aliphatic carbocycles. The van der Waals surface area contributed by atoms with Gasteiger partial charge in [0.1, 0.15) is 5.82 Å². The normalized spacial score (nSPS) is 10.3. The van der Waals surface area contributed by atoms with E-state index in [1.54, 1.807) is 6.07 Å². The van der Waals surface area contributed by atoms with Crippen molar-refractivity contribution < 1.29 is 28.2 Å². The monoisotopic (exact) mass is 424 g/mol. The average Bonchev–Trinajstić information content (AvgIpc) is 2.72. The van der Waals surface area contributed by atoms with E-state index in [9.17, 15) is 14.0 Å². The summed E-state index contributed by atoms with van der Waals surface area (Å²) >= 11 is 5.99. The first-order chi connectivity index (χ1) is 13.8. The van der Waals surface area contributed by atoms with E-state index in [1.807, 2.05) is 0 Å². The van der Waals surface area contributed by atoms with Crippen molar-refractivity contribution in [2.75, 3.05) is 34.9 Å². The number of carbonyl (C=O) groups excluding carboxylic acids is 2. The molecule has 0 atom stereocenters. The highest BCUT2D eigenvalue weighted by Crippen LogP contribution is 2.38. The van der Waals surface area contributed by atoms with Crippen LogP contribution < -0.4 is 19.5 Å². The third-order valence-electron chi connectivity index (χ3n) is 4.21. The van der Waals surface area contributed by atoms with E-state index in [0.717, 1.165) is 0 Å². The molecule has 0 spiro atoms. The first kappa shape index (κ1) is 22.3. The number of nitrogens with one attached hydrogen (secondary N) is 1. The number of hydrogen-bond acceptors (Lipinski definition) is 5. The molecule has 0 bridgehead atoms. The van der Waals surface area contributed by atoms with Gasteiger partial charge in [0.2, 0.25) is 11.7 Å². The summed E-state index contributed by atoms with van der Waals surface area (Å²) in [5, 5.41) is 2.75. The molecule has 2 aromatic rings. The number of rotatable bonds is 8. The smallest absolute Gasteiger partial charge is 0.251 e. The molecule has 0 aliphatic heterocycles. The number of carbonyl (C=O) groups is 2. The minimum absolute atomic E-state index is 0.0234. The Labute approximate surface area is 173 Å². The number of benzene rings is 2. The van der Waals surface area contributed by atoms with Crippen LogP contribution in [0.25, 0.3) is 0 Å². The Hall–Kier alpha value is -3.00. The quantitative estimate of drug-likeness (QED) is 0.705. The van der Waals surface area contributed by atoms with E-state index in [4.69, 9.17) is 25.8 Å². The predicted molar refractivity (Wildman–Crippen MR) is 106 cm³/mol. The third-order valence-corrected chi connectivity index (χ3v) is 4.56. The summed E-state index contributed by atoms with van der Waals surface area (Å²) in [7, 11) is 5.82. The molecule has 0 aromatic heterocycles. The molecule has 0 radical (unpaired) electrons. The van der Waals surface area contributed by atoms with E-state index in [1.165, 1.54) is 57.5 Å². The third kappa shape index (κ3) is 5.29. The van der Waals surface area contributed by atoms with Gasteiger partial charge in [-0.05, 0) is 24.3 Å². The number of nitrogens with zero attached hydrogens (tertiary/aromatic N) is 1. The molecule has 1 N–H and O–H groups in total. The summed E-state index contributed by atoms with van der Waals surface area (Å²) in [6.45, 7) is -0.303. The number of ether oxygens (including phenoxy) is 3. The predicted octanol–water partition coefficient (Wildman–Crippen LogP) is 2.89. The number of amides is 2. The van der Waals surface area contributed by atoms with Gasteiger partial charge >= 0.3 is 0 Å². The molecule has 0 unspecified atom stereocenters. The Kier molecular flexibility index (Phi) is 7.67. The highest BCUT2D eigenvalue weighted by molar-refractivity contribution is 6.31. The van der Waals surface area contributed by atoms with Crippen molar-refractivity contribution in [3.63, 3.8) is 0 Å². The van der Waals surface area contributed by atoms with E-state index < -0.39 is 17.6 Å². The molecular formula is C20H22ClFN2O5. The minimum Gasteiger partial charge on any atom is -0.493 e. The maximum absolute atomic E-state index is 13.9. The van der Waals surface area contributed by atoms with Gasteiger partial charge in [0.05, 0.1) is 27.9 Å². The molecule has 2 rings (SSSR count). The van der Waals surface area contributed by atoms with Gasteiger partial charge in [-0.15, -0.1) is 0 Å². The Bertz CT molecular complexity index is 861. The fourth-order valence-electron chi connectivity index (χ4n) is 2.61. The Morgan fingerprint density at radius 2 is 1.72 bits per heavy atom. The van der Waals surface area contributed by atoms with Gasteiger partial charge in [-0.2, -0.15) is 0 Å². The largest absolute Gasteiger partial charge is 0.493 e. The SMILES string of the molecule is COc1cc(C(=O)NCC(=O)N(C)Cc2c(F)cccc2Cl)cc(OC)c1OC. The van der Waals surface area contributed by atoms with Gasteiger partial charge < -0.3 is 24.4 Å². The van der Waals surface area contributed by atoms with Crippen LogP contribution in [0.4, 0.5) is 4.39 Å². The molecule has 0 saturated carbocycles. The summed E-state index contributed by atoms with van der Waals surface area (Å²) in [6, 6.07) is 7.25. The Morgan fingerprint density at radius 1 is 1.10 bits per heavy atom. The average molecular weight is 425 g/mol. The second-order valence-electron chi connectivity index (χ2n) is 6.05. The van der Waals surface area contributed by atoms with Crippen molar-refractivity contribution in [3.8, 4) is 17.2 Å². The number of halogens is 2. The second kappa shape index (κ2) is 9.97. The van der Waals surface area contributed by atoms with Gasteiger partial charge in [0, 0.05) is 29.7 Å². The van der Waals surface area contributed by atoms with Crippen molar-refractivity contribution in [1.82, 2.24) is 10.2 Å². The molecule has 7 nitrogen and oxygen atoms in total. The zero-order chi connectivity index (χ0) is 21.6. The van der Waals surface area contributed by atoms with Crippen molar-refractivity contribution in [2.45, 2.75) is 6.54 Å². The van der Waals surface area contributed by atoms with Gasteiger partial charge in [-0.3, -0.25) is 9.59 Å². The first-order valence-electron chi connectivity index (χ1n) is 8.57. The molecule has 0 heterocycles. The van der Waals surface area contributed by atoms with Gasteiger partial charge in [-0.1, -0.05) is 17.7 Å². The lowest BCUT2D eigenvalue weighted by Gasteiger charge is -2.19. The van der Waals surface area contributed by atoms with E-state index in [0.29, 0.717) is 17.2 Å². The lowest BCUT2D eigenvalue weighted by Crippen LogP contribution is -2.38. The molecule has 0 fully saturated rings. The molecule has 156 valence electrons. The zero-order valence-corrected chi connectivity index (χ0v) is 17.3. The van der Waals surface area contributed by atoms with E-state index >= 15 is 0 Å². The highest BCUT2D eigenvalue weighted by Gasteiger charge is 2.19. The Morgan fingerprint density at radius 3 is 2.24 bits per heavy atom. The summed E-state index contributed by atoms with van der Waals surface area (Å²) in [5.74, 6) is -0.438. The van der Waals surface area contributed by atoms with Crippen LogP contribution in [-0.4, -0.2) is 51.6 Å². The highest BCUT2D eigenvalue weighted by atomic mass is 35.5. The van der Waals surface area contributed by atoms with Crippen LogP contribution in [0.15, 0.2) is 30.3 Å². The van der Waals surface area contributed by atoms with Crippen LogP contribution in [0.3, 0.4) is 0 Å². The van der Waals surface area contributed by atoms with Crippen molar-refractivity contribution in [2.24, 2.45) is 0 Å². The molecule has 29 heavy (non-hydrogen) atoms. The number of hydrogen-bond donors (Lipinski definition) is 1. The van der Waals surface area contributed by atoms with Gasteiger partial charge in [0.25, 0.3) is 5.91 Å². The van der Waals surface area contributed by atoms with Gasteiger partial charge in [-0.25, -0.2) is 4.39 Å². The zero-order valence-electron chi connectivity index (χ0n) is 16.5. The van der Waals surface area contributed by atoms with Crippen molar-refractivity contribution in [1.29, 1.82) is 0 Å². The van der Waals surface area contributed by atoms with E-state index in [2.05, 4.69) is 5.32 Å². The van der Waals surface area contributed by atoms with Crippen LogP contribution in [0.1, 0.15) is 15.9 Å². The summed E-state index contributed by atoms with van der Waals surface area (Å²) in [6.07, 6.45) is 0. The molecule has 0 aliphatic rings. The first-order valence-corrected chi connectivity index (χ1v) is 8.95. The topological polar surface area (TPSA) is 77.1 Å². The van der Waals surface area contributed by atoms with Crippen LogP contribution >= 0.6 is 11.6 Å². The molecule has 2 amide bonds. The van der Waals surface area contributed by atoms with Crippen molar-refractivity contribution in [3.05, 3.63) is 52.3 Å². The molecule has 2 aromatic carbocycles. The van der Waals surface area contributed by atoms with Crippen LogP contribution in [0, 0.1) is 5.82 Å². The van der Waals surface area contributed by atoms with Crippen LogP contribution in [0.2, 0.25) is 5.02 Å².